The molecule has 0 heterocycles. The van der Waals surface area contributed by atoms with Gasteiger partial charge in [0.2, 0.25) is 0 Å². The number of carbonyl (C=O) groups is 2. The fourth-order valence-corrected chi connectivity index (χ4v) is 8.11. The van der Waals surface area contributed by atoms with Crippen molar-refractivity contribution in [1.82, 2.24) is 0 Å². The van der Waals surface area contributed by atoms with Gasteiger partial charge in [-0.3, -0.25) is 9.59 Å². The molecule has 0 bridgehead atoms. The number of ether oxygens (including phenoxy) is 2. The third kappa shape index (κ3) is 9.39. The molecular formula is C48H52Cl2O4. The Morgan fingerprint density at radius 2 is 0.759 bits per heavy atom. The Bertz CT molecular complexity index is 2080. The normalized spacial score (nSPS) is 11.6. The van der Waals surface area contributed by atoms with E-state index in [1.807, 2.05) is 72.8 Å². The minimum Gasteiger partial charge on any atom is -0.425 e. The van der Waals surface area contributed by atoms with Gasteiger partial charge in [-0.2, -0.15) is 0 Å². The van der Waals surface area contributed by atoms with Crippen LogP contribution in [0.15, 0.2) is 84.9 Å². The minimum absolute atomic E-state index is 0.233. The zero-order valence-corrected chi connectivity index (χ0v) is 33.3. The van der Waals surface area contributed by atoms with E-state index in [1.54, 1.807) is 0 Å². The summed E-state index contributed by atoms with van der Waals surface area (Å²) in [4.78, 5) is 26.8. The lowest BCUT2D eigenvalue weighted by molar-refractivity contribution is -0.135. The Morgan fingerprint density at radius 1 is 0.426 bits per heavy atom. The number of unbranched alkanes of at least 4 members (excludes halogenated alkanes) is 12. The monoisotopic (exact) mass is 762 g/mol. The van der Waals surface area contributed by atoms with Crippen molar-refractivity contribution in [2.75, 3.05) is 0 Å². The predicted octanol–water partition coefficient (Wildman–Crippen LogP) is 15.4. The minimum atomic E-state index is -0.233. The first-order valence-corrected chi connectivity index (χ1v) is 20.9. The molecule has 0 atom stereocenters. The standard InChI is InChI=1S/C48H52Cl2O4/c1-3-5-7-9-11-13-15-25-43(51)53-47-37-23-19-17-21-35(37)45(41-31-33(49)27-29-39(41)47)46-36-22-18-20-24-38(36)48(40-30-28-34(50)32-42(40)46)54-44(52)26-16-14-12-10-8-6-4-2/h17-24,27-32H,3-16,25-26H2,1-2H3. The molecule has 0 N–H and O–H groups in total. The van der Waals surface area contributed by atoms with Crippen molar-refractivity contribution in [2.24, 2.45) is 0 Å². The molecule has 0 amide bonds. The lowest BCUT2D eigenvalue weighted by Gasteiger charge is -2.21. The van der Waals surface area contributed by atoms with Crippen LogP contribution in [0.3, 0.4) is 0 Å². The summed E-state index contributed by atoms with van der Waals surface area (Å²) in [7, 11) is 0. The first kappa shape index (κ1) is 39.6. The zero-order valence-electron chi connectivity index (χ0n) is 31.8. The molecule has 0 unspecified atom stereocenters. The van der Waals surface area contributed by atoms with Crippen LogP contribution in [-0.4, -0.2) is 11.9 Å². The maximum absolute atomic E-state index is 13.4. The van der Waals surface area contributed by atoms with Crippen molar-refractivity contribution < 1.29 is 19.1 Å². The van der Waals surface area contributed by atoms with E-state index in [2.05, 4.69) is 26.0 Å². The second-order valence-corrected chi connectivity index (χ2v) is 15.4. The zero-order chi connectivity index (χ0) is 37.9. The fourth-order valence-electron chi connectivity index (χ4n) is 7.76. The van der Waals surface area contributed by atoms with Gasteiger partial charge in [0.05, 0.1) is 0 Å². The molecule has 282 valence electrons. The second-order valence-electron chi connectivity index (χ2n) is 14.6. The number of hydrogen-bond donors (Lipinski definition) is 0. The number of esters is 2. The van der Waals surface area contributed by atoms with Gasteiger partial charge in [0.1, 0.15) is 11.5 Å². The molecule has 0 saturated heterocycles. The van der Waals surface area contributed by atoms with Crippen molar-refractivity contribution in [3.05, 3.63) is 95.0 Å². The van der Waals surface area contributed by atoms with E-state index in [0.717, 1.165) is 92.7 Å². The third-order valence-corrected chi connectivity index (χ3v) is 11.0. The molecular weight excluding hydrogens is 711 g/mol. The molecule has 0 saturated carbocycles. The highest BCUT2D eigenvalue weighted by atomic mass is 35.5. The lowest BCUT2D eigenvalue weighted by Crippen LogP contribution is -2.09. The van der Waals surface area contributed by atoms with Gasteiger partial charge in [-0.1, -0.05) is 163 Å². The number of rotatable bonds is 19. The van der Waals surface area contributed by atoms with Crippen molar-refractivity contribution in [3.63, 3.8) is 0 Å². The molecule has 0 radical (unpaired) electrons. The summed E-state index contributed by atoms with van der Waals surface area (Å²) in [6, 6.07) is 27.6. The van der Waals surface area contributed by atoms with Crippen LogP contribution in [0.2, 0.25) is 10.0 Å². The molecule has 0 aliphatic carbocycles. The van der Waals surface area contributed by atoms with Crippen molar-refractivity contribution in [1.29, 1.82) is 0 Å². The van der Waals surface area contributed by atoms with Crippen molar-refractivity contribution in [2.45, 2.75) is 117 Å². The fraction of sp³-hybridized carbons (Fsp3) is 0.375. The van der Waals surface area contributed by atoms with Crippen LogP contribution in [0, 0.1) is 0 Å². The van der Waals surface area contributed by atoms with E-state index in [-0.39, 0.29) is 11.9 Å². The third-order valence-electron chi connectivity index (χ3n) is 10.5. The van der Waals surface area contributed by atoms with E-state index < -0.39 is 0 Å². The second kappa shape index (κ2) is 19.5. The van der Waals surface area contributed by atoms with Gasteiger partial charge in [-0.15, -0.1) is 0 Å². The van der Waals surface area contributed by atoms with Gasteiger partial charge < -0.3 is 9.47 Å². The summed E-state index contributed by atoms with van der Waals surface area (Å²) in [6.45, 7) is 4.44. The molecule has 0 aliphatic heterocycles. The number of halogens is 2. The summed E-state index contributed by atoms with van der Waals surface area (Å²) < 4.78 is 12.6. The Balaban J connectivity index is 1.43. The van der Waals surface area contributed by atoms with Crippen LogP contribution in [0.1, 0.15) is 117 Å². The maximum atomic E-state index is 13.4. The Labute approximate surface area is 330 Å². The lowest BCUT2D eigenvalue weighted by atomic mass is 9.85. The SMILES string of the molecule is CCCCCCCCCC(=O)Oc1c2ccccc2c(-c2c3ccccc3c(OC(=O)CCCCCCCCC)c3ccc(Cl)cc23)c2cc(Cl)ccc12. The van der Waals surface area contributed by atoms with Crippen LogP contribution in [0.4, 0.5) is 0 Å². The van der Waals surface area contributed by atoms with E-state index in [1.165, 1.54) is 51.4 Å². The predicted molar refractivity (Wildman–Crippen MR) is 228 cm³/mol. The maximum Gasteiger partial charge on any atom is 0.311 e. The highest BCUT2D eigenvalue weighted by molar-refractivity contribution is 6.34. The largest absolute Gasteiger partial charge is 0.425 e. The van der Waals surface area contributed by atoms with Crippen molar-refractivity contribution >= 4 is 78.2 Å². The first-order valence-electron chi connectivity index (χ1n) is 20.1. The van der Waals surface area contributed by atoms with E-state index >= 15 is 0 Å². The van der Waals surface area contributed by atoms with Gasteiger partial charge in [0.25, 0.3) is 0 Å². The van der Waals surface area contributed by atoms with Crippen LogP contribution >= 0.6 is 23.2 Å². The van der Waals surface area contributed by atoms with Crippen LogP contribution in [0.25, 0.3) is 54.2 Å². The highest BCUT2D eigenvalue weighted by Crippen LogP contribution is 2.50. The van der Waals surface area contributed by atoms with Crippen LogP contribution < -0.4 is 9.47 Å². The summed E-state index contributed by atoms with van der Waals surface area (Å²) in [6.07, 6.45) is 16.5. The number of fused-ring (bicyclic) bond motifs is 4. The summed E-state index contributed by atoms with van der Waals surface area (Å²) in [5.41, 5.74) is 1.89. The Morgan fingerprint density at radius 3 is 1.15 bits per heavy atom. The van der Waals surface area contributed by atoms with Crippen molar-refractivity contribution in [3.8, 4) is 22.6 Å². The molecule has 4 nitrogen and oxygen atoms in total. The summed E-state index contributed by atoms with van der Waals surface area (Å²) >= 11 is 13.5. The Hall–Kier alpha value is -4.12. The van der Waals surface area contributed by atoms with Gasteiger partial charge in [-0.25, -0.2) is 0 Å². The summed E-state index contributed by atoms with van der Waals surface area (Å²) in [5, 5.41) is 7.95. The average Bonchev–Trinajstić information content (AvgIpc) is 3.17. The topological polar surface area (TPSA) is 52.6 Å². The quantitative estimate of drug-likeness (QED) is 0.0357. The molecule has 6 aromatic rings. The molecule has 6 rings (SSSR count). The molecule has 0 aliphatic rings. The molecule has 6 heteroatoms. The van der Waals surface area contributed by atoms with Gasteiger partial charge in [0, 0.05) is 44.4 Å². The summed E-state index contributed by atoms with van der Waals surface area (Å²) in [5.74, 6) is 0.610. The first-order chi connectivity index (χ1) is 26.4. The molecule has 6 aromatic carbocycles. The Kier molecular flexibility index (Phi) is 14.3. The molecule has 54 heavy (non-hydrogen) atoms. The molecule has 0 aromatic heterocycles. The van der Waals surface area contributed by atoms with Crippen LogP contribution in [-0.2, 0) is 9.59 Å². The number of hydrogen-bond acceptors (Lipinski definition) is 4. The van der Waals surface area contributed by atoms with E-state index in [4.69, 9.17) is 32.7 Å². The van der Waals surface area contributed by atoms with Gasteiger partial charge in [0.15, 0.2) is 0 Å². The van der Waals surface area contributed by atoms with Crippen LogP contribution in [0.5, 0.6) is 11.5 Å². The van der Waals surface area contributed by atoms with Gasteiger partial charge >= 0.3 is 11.9 Å². The highest BCUT2D eigenvalue weighted by Gasteiger charge is 2.24. The average molecular weight is 764 g/mol. The van der Waals surface area contributed by atoms with Gasteiger partial charge in [-0.05, 0) is 81.9 Å². The smallest absolute Gasteiger partial charge is 0.311 e. The molecule has 0 spiro atoms. The number of carbonyl (C=O) groups excluding carboxylic acids is 2. The van der Waals surface area contributed by atoms with E-state index in [9.17, 15) is 9.59 Å². The van der Waals surface area contributed by atoms with E-state index in [0.29, 0.717) is 34.4 Å². The molecule has 0 fully saturated rings. The number of benzene rings is 6.